The van der Waals surface area contributed by atoms with E-state index in [-0.39, 0.29) is 61.6 Å². The van der Waals surface area contributed by atoms with Gasteiger partial charge in [-0.25, -0.2) is 0 Å². The molecule has 0 aliphatic heterocycles. The molecule has 0 saturated heterocycles. The standard InChI is InChI=1S/3C8H2Br4O4.2Al/c3*9-3-1(7(13)14)2(8(15)16)4(10)6(12)5(3)11;;/h3*(H,13,14)(H,15,16);;/q;;;2*+3/p-6. The van der Waals surface area contributed by atoms with Crippen LogP contribution in [-0.2, 0) is 0 Å². The zero-order valence-electron chi connectivity index (χ0n) is 22.6. The van der Waals surface area contributed by atoms with Gasteiger partial charge in [0.05, 0.1) is 35.8 Å². The van der Waals surface area contributed by atoms with Crippen LogP contribution in [0.1, 0.15) is 62.1 Å². The number of carbonyl (C=O) groups is 6. The summed E-state index contributed by atoms with van der Waals surface area (Å²) >= 11 is 36.5. The first-order chi connectivity index (χ1) is 21.9. The zero-order valence-corrected chi connectivity index (χ0v) is 43.9. The molecule has 0 aromatic heterocycles. The Balaban J connectivity index is 0. The summed E-state index contributed by atoms with van der Waals surface area (Å²) in [6, 6.07) is 0. The average Bonchev–Trinajstić information content (AvgIpc) is 2.98. The molecule has 0 aliphatic carbocycles. The van der Waals surface area contributed by atoms with Crippen LogP contribution in [0.15, 0.2) is 53.7 Å². The van der Waals surface area contributed by atoms with Crippen molar-refractivity contribution in [1.82, 2.24) is 0 Å². The van der Waals surface area contributed by atoms with Crippen molar-refractivity contribution in [1.29, 1.82) is 0 Å². The van der Waals surface area contributed by atoms with Gasteiger partial charge in [0.25, 0.3) is 0 Å². The normalized spacial score (nSPS) is 9.84. The molecule has 0 spiro atoms. The summed E-state index contributed by atoms with van der Waals surface area (Å²) in [5.41, 5.74) is -2.91. The summed E-state index contributed by atoms with van der Waals surface area (Å²) < 4.78 is 2.61. The van der Waals surface area contributed by atoms with Crippen LogP contribution in [0.25, 0.3) is 0 Å². The number of carboxylic acids is 6. The summed E-state index contributed by atoms with van der Waals surface area (Å²) in [5.74, 6) is -9.67. The predicted molar refractivity (Wildman–Crippen MR) is 209 cm³/mol. The van der Waals surface area contributed by atoms with Crippen molar-refractivity contribution in [3.63, 3.8) is 0 Å². The summed E-state index contributed by atoms with van der Waals surface area (Å²) in [6.07, 6.45) is 0. The molecule has 50 heavy (non-hydrogen) atoms. The predicted octanol–water partition coefficient (Wildman–Crippen LogP) is 3.63. The minimum atomic E-state index is -1.61. The number of hydrogen-bond acceptors (Lipinski definition) is 12. The maximum atomic E-state index is 10.9. The molecule has 0 unspecified atom stereocenters. The van der Waals surface area contributed by atoms with E-state index in [4.69, 9.17) is 0 Å². The van der Waals surface area contributed by atoms with Gasteiger partial charge in [0.15, 0.2) is 0 Å². The van der Waals surface area contributed by atoms with Gasteiger partial charge in [-0.3, -0.25) is 0 Å². The number of hydrogen-bond donors (Lipinski definition) is 0. The summed E-state index contributed by atoms with van der Waals surface area (Å²) in [6.45, 7) is 0. The molecule has 0 bridgehead atoms. The minimum Gasteiger partial charge on any atom is -0.545 e. The van der Waals surface area contributed by atoms with Crippen molar-refractivity contribution < 1.29 is 59.4 Å². The van der Waals surface area contributed by atoms with Crippen LogP contribution in [0.2, 0.25) is 0 Å². The molecule has 0 fully saturated rings. The van der Waals surface area contributed by atoms with E-state index in [1.165, 1.54) is 0 Å². The van der Waals surface area contributed by atoms with Crippen molar-refractivity contribution in [2.45, 2.75) is 0 Å². The maximum absolute atomic E-state index is 10.9. The summed E-state index contributed by atoms with van der Waals surface area (Å²) in [5, 5.41) is 65.2. The van der Waals surface area contributed by atoms with Crippen LogP contribution in [0.4, 0.5) is 0 Å². The molecule has 0 heterocycles. The SMILES string of the molecule is O=C([O-])c1c(Br)c(Br)c(Br)c(Br)c1C(=O)[O-].O=C([O-])c1c(Br)c(Br)c(Br)c(Br)c1C(=O)[O-].O=C([O-])c1c(Br)c(Br)c(Br)c(Br)c1C(=O)[O-].[Al+3].[Al+3]. The molecule has 12 nitrogen and oxygen atoms in total. The largest absolute Gasteiger partial charge is 3.00 e. The van der Waals surface area contributed by atoms with Crippen LogP contribution in [0.3, 0.4) is 0 Å². The monoisotopic (exact) mass is 1480 g/mol. The van der Waals surface area contributed by atoms with Gasteiger partial charge in [0.1, 0.15) is 0 Å². The molecule has 0 radical (unpaired) electrons. The van der Waals surface area contributed by atoms with Crippen molar-refractivity contribution in [3.05, 3.63) is 87.1 Å². The topological polar surface area (TPSA) is 241 Å². The molecular formula is C24Al2Br12O12. The molecular weight excluding hydrogens is 1490 g/mol. The molecule has 0 amide bonds. The Morgan fingerprint density at radius 2 is 0.320 bits per heavy atom. The molecule has 0 N–H and O–H groups in total. The molecule has 0 saturated carbocycles. The van der Waals surface area contributed by atoms with Crippen LogP contribution in [0.5, 0.6) is 0 Å². The van der Waals surface area contributed by atoms with Gasteiger partial charge in [-0.2, -0.15) is 0 Å². The van der Waals surface area contributed by atoms with Gasteiger partial charge in [0.2, 0.25) is 0 Å². The average molecular weight is 1490 g/mol. The van der Waals surface area contributed by atoms with Crippen molar-refractivity contribution in [2.75, 3.05) is 0 Å². The van der Waals surface area contributed by atoms with Gasteiger partial charge < -0.3 is 59.4 Å². The molecule has 3 aromatic carbocycles. The van der Waals surface area contributed by atoms with E-state index in [0.717, 1.165) is 0 Å². The minimum absolute atomic E-state index is 0. The smallest absolute Gasteiger partial charge is 0.545 e. The summed E-state index contributed by atoms with van der Waals surface area (Å²) in [7, 11) is 0. The Morgan fingerprint density at radius 1 is 0.240 bits per heavy atom. The Labute approximate surface area is 402 Å². The van der Waals surface area contributed by atoms with Gasteiger partial charge in [0, 0.05) is 87.1 Å². The van der Waals surface area contributed by atoms with Crippen molar-refractivity contribution in [2.24, 2.45) is 0 Å². The van der Waals surface area contributed by atoms with Crippen LogP contribution in [-0.4, -0.2) is 70.5 Å². The number of carbonyl (C=O) groups excluding carboxylic acids is 6. The Bertz CT molecular complexity index is 1590. The fourth-order valence-electron chi connectivity index (χ4n) is 3.05. The first kappa shape index (κ1) is 53.4. The van der Waals surface area contributed by atoms with E-state index < -0.39 is 69.2 Å². The van der Waals surface area contributed by atoms with E-state index in [9.17, 15) is 59.4 Å². The second-order valence-corrected chi connectivity index (χ2v) is 17.3. The van der Waals surface area contributed by atoms with Crippen LogP contribution < -0.4 is 30.6 Å². The third kappa shape index (κ3) is 12.2. The quantitative estimate of drug-likeness (QED) is 0.195. The molecule has 26 heteroatoms. The third-order valence-electron chi connectivity index (χ3n) is 5.03. The molecule has 3 rings (SSSR count). The first-order valence-corrected chi connectivity index (χ1v) is 20.2. The first-order valence-electron chi connectivity index (χ1n) is 10.7. The van der Waals surface area contributed by atoms with E-state index in [1.807, 2.05) is 0 Å². The number of benzene rings is 3. The number of carboxylic acid groups (broad SMARTS) is 6. The van der Waals surface area contributed by atoms with E-state index >= 15 is 0 Å². The number of aromatic carboxylic acids is 6. The number of halogens is 12. The molecule has 0 aliphatic rings. The second kappa shape index (κ2) is 22.8. The zero-order chi connectivity index (χ0) is 37.9. The van der Waals surface area contributed by atoms with Crippen LogP contribution >= 0.6 is 191 Å². The Morgan fingerprint density at radius 3 is 0.380 bits per heavy atom. The Hall–Kier alpha value is 1.30. The molecule has 0 atom stereocenters. The van der Waals surface area contributed by atoms with E-state index in [1.54, 1.807) is 0 Å². The molecule has 3 aromatic rings. The van der Waals surface area contributed by atoms with E-state index in [2.05, 4.69) is 191 Å². The molecule has 258 valence electrons. The Kier molecular flexibility index (Phi) is 24.3. The second-order valence-electron chi connectivity index (χ2n) is 7.74. The third-order valence-corrected chi connectivity index (χ3v) is 19.3. The maximum Gasteiger partial charge on any atom is 3.00 e. The van der Waals surface area contributed by atoms with Crippen molar-refractivity contribution >= 4 is 262 Å². The van der Waals surface area contributed by atoms with E-state index in [0.29, 0.717) is 26.8 Å². The number of rotatable bonds is 6. The fraction of sp³-hybridized carbons (Fsp3) is 0. The van der Waals surface area contributed by atoms with Gasteiger partial charge in [-0.05, 0) is 191 Å². The van der Waals surface area contributed by atoms with Gasteiger partial charge >= 0.3 is 34.7 Å². The van der Waals surface area contributed by atoms with Gasteiger partial charge in [-0.15, -0.1) is 0 Å². The summed E-state index contributed by atoms with van der Waals surface area (Å²) in [4.78, 5) is 65.2. The fourth-order valence-corrected chi connectivity index (χ4v) is 10.4. The van der Waals surface area contributed by atoms with Crippen LogP contribution in [0, 0.1) is 0 Å². The van der Waals surface area contributed by atoms with Gasteiger partial charge in [-0.1, -0.05) is 0 Å². The van der Waals surface area contributed by atoms with Crippen molar-refractivity contribution in [3.8, 4) is 0 Å².